The fraction of sp³-hybridized carbons (Fsp3) is 0.318. The Morgan fingerprint density at radius 2 is 1.78 bits per heavy atom. The molecule has 1 unspecified atom stereocenters. The largest absolute Gasteiger partial charge is 0.378 e. The molecule has 4 rings (SSSR count). The molecule has 0 bridgehead atoms. The number of carbonyl (C=O) groups is 1. The van der Waals surface area contributed by atoms with Crippen molar-refractivity contribution < 1.29 is 9.53 Å². The normalized spacial score (nSPS) is 14.9. The molecule has 0 aliphatic carbocycles. The lowest BCUT2D eigenvalue weighted by Crippen LogP contribution is -2.38. The maximum atomic E-state index is 12.9. The highest BCUT2D eigenvalue weighted by Gasteiger charge is 2.26. The Balaban J connectivity index is 1.62. The van der Waals surface area contributed by atoms with Gasteiger partial charge in [-0.25, -0.2) is 0 Å². The van der Waals surface area contributed by atoms with Crippen LogP contribution in [0, 0.1) is 6.92 Å². The van der Waals surface area contributed by atoms with Gasteiger partial charge in [-0.15, -0.1) is 10.2 Å². The van der Waals surface area contributed by atoms with Crippen molar-refractivity contribution in [3.8, 4) is 5.69 Å². The van der Waals surface area contributed by atoms with E-state index in [0.29, 0.717) is 34.1 Å². The third-order valence-electron chi connectivity index (χ3n) is 5.13. The highest BCUT2D eigenvalue weighted by atomic mass is 35.5. The summed E-state index contributed by atoms with van der Waals surface area (Å²) in [5, 5.41) is 12.7. The minimum atomic E-state index is -0.466. The van der Waals surface area contributed by atoms with Gasteiger partial charge in [0, 0.05) is 13.1 Å². The van der Waals surface area contributed by atoms with Crippen molar-refractivity contribution in [2.45, 2.75) is 24.3 Å². The van der Waals surface area contributed by atoms with Gasteiger partial charge in [0.15, 0.2) is 5.16 Å². The second-order valence-electron chi connectivity index (χ2n) is 7.35. The molecule has 168 valence electrons. The molecule has 3 aromatic rings. The first kappa shape index (κ1) is 22.9. The summed E-state index contributed by atoms with van der Waals surface area (Å²) in [6.07, 6.45) is 0. The molecule has 0 saturated carbocycles. The molecular weight excluding hydrogens is 469 g/mol. The zero-order valence-corrected chi connectivity index (χ0v) is 20.0. The van der Waals surface area contributed by atoms with Gasteiger partial charge in [-0.05, 0) is 37.6 Å². The molecule has 1 aliphatic heterocycles. The molecule has 1 amide bonds. The van der Waals surface area contributed by atoms with Crippen LogP contribution in [0.15, 0.2) is 47.6 Å². The highest BCUT2D eigenvalue weighted by molar-refractivity contribution is 8.00. The first-order valence-corrected chi connectivity index (χ1v) is 11.8. The van der Waals surface area contributed by atoms with Crippen LogP contribution < -0.4 is 10.2 Å². The predicted molar refractivity (Wildman–Crippen MR) is 130 cm³/mol. The standard InChI is InChI=1S/C22H23Cl2N5O2S/c1-14-6-3-4-9-18(14)29-21(28-10-12-31-13-11-28)26-27-22(29)32-15(2)20(30)25-19-16(23)7-5-8-17(19)24/h3-9,15H,10-13H2,1-2H3,(H,25,30). The second kappa shape index (κ2) is 10.1. The quantitative estimate of drug-likeness (QED) is 0.497. The van der Waals surface area contributed by atoms with Gasteiger partial charge in [-0.2, -0.15) is 0 Å². The van der Waals surface area contributed by atoms with E-state index in [0.717, 1.165) is 30.3 Å². The van der Waals surface area contributed by atoms with Gasteiger partial charge >= 0.3 is 0 Å². The lowest BCUT2D eigenvalue weighted by atomic mass is 10.2. The third kappa shape index (κ3) is 4.88. The fourth-order valence-corrected chi connectivity index (χ4v) is 4.73. The number of hydrogen-bond donors (Lipinski definition) is 1. The third-order valence-corrected chi connectivity index (χ3v) is 6.80. The van der Waals surface area contributed by atoms with Crippen molar-refractivity contribution >= 4 is 52.5 Å². The number of benzene rings is 2. The van der Waals surface area contributed by atoms with Crippen molar-refractivity contribution in [3.63, 3.8) is 0 Å². The molecule has 0 spiro atoms. The van der Waals surface area contributed by atoms with E-state index in [1.165, 1.54) is 11.8 Å². The Hall–Kier alpha value is -2.26. The van der Waals surface area contributed by atoms with Crippen LogP contribution in [0.4, 0.5) is 11.6 Å². The predicted octanol–water partition coefficient (Wildman–Crippen LogP) is 4.84. The monoisotopic (exact) mass is 491 g/mol. The summed E-state index contributed by atoms with van der Waals surface area (Å²) in [5.74, 6) is 0.518. The van der Waals surface area contributed by atoms with Crippen molar-refractivity contribution in [2.75, 3.05) is 36.5 Å². The summed E-state index contributed by atoms with van der Waals surface area (Å²) in [6, 6.07) is 13.2. The van der Waals surface area contributed by atoms with Crippen LogP contribution in [0.25, 0.3) is 5.69 Å². The molecule has 1 atom stereocenters. The molecule has 1 aromatic heterocycles. The summed E-state index contributed by atoms with van der Waals surface area (Å²) in [7, 11) is 0. The maximum Gasteiger partial charge on any atom is 0.237 e. The van der Waals surface area contributed by atoms with Crippen molar-refractivity contribution in [1.29, 1.82) is 0 Å². The van der Waals surface area contributed by atoms with Crippen LogP contribution in [0.5, 0.6) is 0 Å². The molecular formula is C22H23Cl2N5O2S. The van der Waals surface area contributed by atoms with Gasteiger partial charge in [0.1, 0.15) is 0 Å². The van der Waals surface area contributed by atoms with E-state index in [9.17, 15) is 4.79 Å². The van der Waals surface area contributed by atoms with E-state index in [-0.39, 0.29) is 5.91 Å². The SMILES string of the molecule is Cc1ccccc1-n1c(SC(C)C(=O)Nc2c(Cl)cccc2Cl)nnc1N1CCOCC1. The number of nitrogens with one attached hydrogen (secondary N) is 1. The van der Waals surface area contributed by atoms with E-state index in [4.69, 9.17) is 27.9 Å². The minimum Gasteiger partial charge on any atom is -0.378 e. The molecule has 0 radical (unpaired) electrons. The van der Waals surface area contributed by atoms with Gasteiger partial charge in [0.2, 0.25) is 11.9 Å². The number of nitrogens with zero attached hydrogens (tertiary/aromatic N) is 4. The van der Waals surface area contributed by atoms with E-state index in [1.54, 1.807) is 18.2 Å². The molecule has 10 heteroatoms. The van der Waals surface area contributed by atoms with Crippen LogP contribution in [0.2, 0.25) is 10.0 Å². The smallest absolute Gasteiger partial charge is 0.237 e. The average Bonchev–Trinajstić information content (AvgIpc) is 3.20. The summed E-state index contributed by atoms with van der Waals surface area (Å²) >= 11 is 13.7. The Morgan fingerprint density at radius 3 is 2.47 bits per heavy atom. The number of amides is 1. The zero-order chi connectivity index (χ0) is 22.7. The number of ether oxygens (including phenoxy) is 1. The average molecular weight is 492 g/mol. The van der Waals surface area contributed by atoms with Gasteiger partial charge < -0.3 is 15.0 Å². The number of aromatic nitrogens is 3. The topological polar surface area (TPSA) is 72.3 Å². The minimum absolute atomic E-state index is 0.225. The van der Waals surface area contributed by atoms with Crippen LogP contribution in [-0.2, 0) is 9.53 Å². The number of thioether (sulfide) groups is 1. The van der Waals surface area contributed by atoms with Crippen LogP contribution in [0.3, 0.4) is 0 Å². The number of aryl methyl sites for hydroxylation is 1. The van der Waals surface area contributed by atoms with E-state index in [1.807, 2.05) is 42.7 Å². The Morgan fingerprint density at radius 1 is 1.09 bits per heavy atom. The van der Waals surface area contributed by atoms with E-state index in [2.05, 4.69) is 20.4 Å². The first-order valence-electron chi connectivity index (χ1n) is 10.2. The number of morpholine rings is 1. The van der Waals surface area contributed by atoms with Gasteiger partial charge in [-0.3, -0.25) is 9.36 Å². The first-order chi connectivity index (χ1) is 15.5. The molecule has 2 aromatic carbocycles. The fourth-order valence-electron chi connectivity index (χ4n) is 3.39. The zero-order valence-electron chi connectivity index (χ0n) is 17.7. The number of rotatable bonds is 6. The summed E-state index contributed by atoms with van der Waals surface area (Å²) < 4.78 is 7.50. The Kier molecular flexibility index (Phi) is 7.25. The van der Waals surface area contributed by atoms with Gasteiger partial charge in [-0.1, -0.05) is 59.2 Å². The number of halogens is 2. The number of para-hydroxylation sites is 2. The lowest BCUT2D eigenvalue weighted by Gasteiger charge is -2.28. The number of carbonyl (C=O) groups excluding carboxylic acids is 1. The van der Waals surface area contributed by atoms with E-state index >= 15 is 0 Å². The van der Waals surface area contributed by atoms with Crippen LogP contribution >= 0.6 is 35.0 Å². The molecule has 1 saturated heterocycles. The maximum absolute atomic E-state index is 12.9. The van der Waals surface area contributed by atoms with Crippen molar-refractivity contribution in [2.24, 2.45) is 0 Å². The summed E-state index contributed by atoms with van der Waals surface area (Å²) in [5.41, 5.74) is 2.47. The molecule has 1 N–H and O–H groups in total. The van der Waals surface area contributed by atoms with Crippen molar-refractivity contribution in [1.82, 2.24) is 14.8 Å². The molecule has 7 nitrogen and oxygen atoms in total. The molecule has 32 heavy (non-hydrogen) atoms. The molecule has 2 heterocycles. The number of hydrogen-bond acceptors (Lipinski definition) is 6. The Bertz CT molecular complexity index is 1100. The lowest BCUT2D eigenvalue weighted by molar-refractivity contribution is -0.115. The number of anilines is 2. The molecule has 1 aliphatic rings. The van der Waals surface area contributed by atoms with Crippen LogP contribution in [0.1, 0.15) is 12.5 Å². The summed E-state index contributed by atoms with van der Waals surface area (Å²) in [6.45, 7) is 6.60. The van der Waals surface area contributed by atoms with Crippen molar-refractivity contribution in [3.05, 3.63) is 58.1 Å². The second-order valence-corrected chi connectivity index (χ2v) is 9.47. The van der Waals surface area contributed by atoms with E-state index < -0.39 is 5.25 Å². The molecule has 1 fully saturated rings. The van der Waals surface area contributed by atoms with Gasteiger partial charge in [0.05, 0.1) is 39.9 Å². The van der Waals surface area contributed by atoms with Gasteiger partial charge in [0.25, 0.3) is 0 Å². The summed E-state index contributed by atoms with van der Waals surface area (Å²) in [4.78, 5) is 15.1. The van der Waals surface area contributed by atoms with Crippen LogP contribution in [-0.4, -0.2) is 52.2 Å². The highest BCUT2D eigenvalue weighted by Crippen LogP contribution is 2.33. The Labute approximate surface area is 201 Å².